The molecule has 4 atom stereocenters. The van der Waals surface area contributed by atoms with Gasteiger partial charge in [-0.15, -0.1) is 0 Å². The zero-order valence-corrected chi connectivity index (χ0v) is 10.9. The minimum absolute atomic E-state index is 0.0520. The third kappa shape index (κ3) is 2.05. The first-order valence-electron chi connectivity index (χ1n) is 6.43. The fourth-order valence-electron chi connectivity index (χ4n) is 3.99. The highest BCUT2D eigenvalue weighted by molar-refractivity contribution is 5.85. The van der Waals surface area contributed by atoms with E-state index in [0.717, 1.165) is 19.1 Å². The molecular formula is C14H22O3. The number of aliphatic hydroxyl groups is 1. The van der Waals surface area contributed by atoms with E-state index in [1.807, 2.05) is 6.92 Å². The summed E-state index contributed by atoms with van der Waals surface area (Å²) in [4.78, 5) is 22.7. The average molecular weight is 238 g/mol. The smallest absolute Gasteiger partial charge is 0.162 e. The van der Waals surface area contributed by atoms with E-state index in [9.17, 15) is 14.7 Å². The topological polar surface area (TPSA) is 54.4 Å². The van der Waals surface area contributed by atoms with Gasteiger partial charge in [0.15, 0.2) is 5.78 Å². The van der Waals surface area contributed by atoms with Gasteiger partial charge < -0.3 is 9.90 Å². The largest absolute Gasteiger partial charge is 0.385 e. The van der Waals surface area contributed by atoms with Gasteiger partial charge in [-0.2, -0.15) is 0 Å². The van der Waals surface area contributed by atoms with Gasteiger partial charge in [0.1, 0.15) is 12.4 Å². The predicted molar refractivity (Wildman–Crippen MR) is 64.4 cm³/mol. The van der Waals surface area contributed by atoms with Gasteiger partial charge >= 0.3 is 0 Å². The van der Waals surface area contributed by atoms with Crippen LogP contribution in [-0.2, 0) is 9.59 Å². The molecule has 17 heavy (non-hydrogen) atoms. The minimum atomic E-state index is -0.804. The van der Waals surface area contributed by atoms with E-state index in [0.29, 0.717) is 18.8 Å². The maximum Gasteiger partial charge on any atom is 0.162 e. The van der Waals surface area contributed by atoms with Crippen LogP contribution in [0.5, 0.6) is 0 Å². The van der Waals surface area contributed by atoms with Gasteiger partial charge in [-0.05, 0) is 35.5 Å². The van der Waals surface area contributed by atoms with E-state index < -0.39 is 6.10 Å². The third-order valence-corrected chi connectivity index (χ3v) is 4.84. The number of rotatable bonds is 2. The number of hydrogen-bond acceptors (Lipinski definition) is 3. The first kappa shape index (κ1) is 12.7. The summed E-state index contributed by atoms with van der Waals surface area (Å²) in [6, 6.07) is 0. The molecule has 2 fully saturated rings. The van der Waals surface area contributed by atoms with Gasteiger partial charge in [-0.3, -0.25) is 4.79 Å². The van der Waals surface area contributed by atoms with Crippen LogP contribution in [0.4, 0.5) is 0 Å². The van der Waals surface area contributed by atoms with Gasteiger partial charge in [0.2, 0.25) is 0 Å². The van der Waals surface area contributed by atoms with Crippen LogP contribution in [0.25, 0.3) is 0 Å². The molecule has 96 valence electrons. The zero-order chi connectivity index (χ0) is 12.8. The highest BCUT2D eigenvalue weighted by Crippen LogP contribution is 2.58. The van der Waals surface area contributed by atoms with Crippen molar-refractivity contribution >= 4 is 12.1 Å². The van der Waals surface area contributed by atoms with E-state index in [1.54, 1.807) is 0 Å². The molecule has 4 unspecified atom stereocenters. The minimum Gasteiger partial charge on any atom is -0.385 e. The lowest BCUT2D eigenvalue weighted by atomic mass is 9.61. The summed E-state index contributed by atoms with van der Waals surface area (Å²) < 4.78 is 0. The molecule has 0 heterocycles. The number of fused-ring (bicyclic) bond motifs is 1. The van der Waals surface area contributed by atoms with Crippen LogP contribution in [0, 0.1) is 22.7 Å². The fraction of sp³-hybridized carbons (Fsp3) is 0.857. The third-order valence-electron chi connectivity index (χ3n) is 4.84. The van der Waals surface area contributed by atoms with Crippen molar-refractivity contribution < 1.29 is 14.7 Å². The normalized spacial score (nSPS) is 44.5. The molecule has 0 bridgehead atoms. The van der Waals surface area contributed by atoms with E-state index in [-0.39, 0.29) is 22.5 Å². The van der Waals surface area contributed by atoms with Crippen LogP contribution < -0.4 is 0 Å². The van der Waals surface area contributed by atoms with Crippen molar-refractivity contribution in [1.82, 2.24) is 0 Å². The fourth-order valence-corrected chi connectivity index (χ4v) is 3.99. The van der Waals surface area contributed by atoms with E-state index >= 15 is 0 Å². The molecule has 3 heteroatoms. The van der Waals surface area contributed by atoms with Crippen LogP contribution in [0.1, 0.15) is 46.5 Å². The Balaban J connectivity index is 2.32. The van der Waals surface area contributed by atoms with E-state index in [4.69, 9.17) is 0 Å². The molecule has 2 aliphatic rings. The second-order valence-corrected chi connectivity index (χ2v) is 6.96. The van der Waals surface area contributed by atoms with Crippen molar-refractivity contribution in [3.8, 4) is 0 Å². The van der Waals surface area contributed by atoms with Crippen LogP contribution in [0.15, 0.2) is 0 Å². The molecule has 0 amide bonds. The molecule has 2 rings (SSSR count). The molecule has 2 saturated carbocycles. The Morgan fingerprint density at radius 3 is 2.59 bits per heavy atom. The monoisotopic (exact) mass is 238 g/mol. The SMILES string of the molecule is CC1(C)CC2C(O)C(=O)CC(C)(CC=O)C2C1. The molecule has 0 aromatic rings. The summed E-state index contributed by atoms with van der Waals surface area (Å²) in [5, 5.41) is 10.0. The Morgan fingerprint density at radius 2 is 2.00 bits per heavy atom. The summed E-state index contributed by atoms with van der Waals surface area (Å²) in [5.41, 5.74) is -0.0679. The molecule has 0 radical (unpaired) electrons. The van der Waals surface area contributed by atoms with Gasteiger partial charge in [0.25, 0.3) is 0 Å². The Labute approximate surface area is 103 Å². The molecular weight excluding hydrogens is 216 g/mol. The molecule has 0 aromatic heterocycles. The predicted octanol–water partition coefficient (Wildman–Crippen LogP) is 1.97. The second-order valence-electron chi connectivity index (χ2n) is 6.96. The van der Waals surface area contributed by atoms with Gasteiger partial charge in [-0.25, -0.2) is 0 Å². The number of carbonyl (C=O) groups is 2. The van der Waals surface area contributed by atoms with Crippen molar-refractivity contribution in [3.63, 3.8) is 0 Å². The van der Waals surface area contributed by atoms with Crippen molar-refractivity contribution in [3.05, 3.63) is 0 Å². The van der Waals surface area contributed by atoms with Crippen LogP contribution in [-0.4, -0.2) is 23.3 Å². The number of ketones is 1. The number of Topliss-reactive ketones (excluding diaryl/α,β-unsaturated/α-hetero) is 1. The van der Waals surface area contributed by atoms with Crippen LogP contribution >= 0.6 is 0 Å². The molecule has 1 N–H and O–H groups in total. The Bertz CT molecular complexity index is 347. The number of aldehydes is 1. The quantitative estimate of drug-likeness (QED) is 0.748. The summed E-state index contributed by atoms with van der Waals surface area (Å²) in [7, 11) is 0. The Morgan fingerprint density at radius 1 is 1.35 bits per heavy atom. The average Bonchev–Trinajstić information content (AvgIpc) is 2.53. The zero-order valence-electron chi connectivity index (χ0n) is 10.9. The highest BCUT2D eigenvalue weighted by atomic mass is 16.3. The Hall–Kier alpha value is -0.700. The van der Waals surface area contributed by atoms with Crippen LogP contribution in [0.3, 0.4) is 0 Å². The van der Waals surface area contributed by atoms with Crippen molar-refractivity contribution in [1.29, 1.82) is 0 Å². The molecule has 2 aliphatic carbocycles. The van der Waals surface area contributed by atoms with Gasteiger partial charge in [-0.1, -0.05) is 20.8 Å². The second kappa shape index (κ2) is 3.91. The molecule has 0 saturated heterocycles. The maximum atomic E-state index is 11.9. The van der Waals surface area contributed by atoms with Gasteiger partial charge in [0.05, 0.1) is 0 Å². The van der Waals surface area contributed by atoms with Crippen molar-refractivity contribution in [2.24, 2.45) is 22.7 Å². The standard InChI is InChI=1S/C14H22O3/c1-13(2)6-9-10(7-13)14(3,4-5-15)8-11(16)12(9)17/h5,9-10,12,17H,4,6-8H2,1-3H3. The maximum absolute atomic E-state index is 11.9. The van der Waals surface area contributed by atoms with E-state index in [1.165, 1.54) is 0 Å². The highest BCUT2D eigenvalue weighted by Gasteiger charge is 2.55. The number of hydrogen-bond donors (Lipinski definition) is 1. The summed E-state index contributed by atoms with van der Waals surface area (Å²) in [5.74, 6) is 0.278. The Kier molecular flexibility index (Phi) is 2.93. The van der Waals surface area contributed by atoms with Gasteiger partial charge in [0, 0.05) is 12.8 Å². The van der Waals surface area contributed by atoms with E-state index in [2.05, 4.69) is 13.8 Å². The molecule has 0 spiro atoms. The number of carbonyl (C=O) groups excluding carboxylic acids is 2. The summed E-state index contributed by atoms with van der Waals surface area (Å²) in [6.07, 6.45) is 2.80. The lowest BCUT2D eigenvalue weighted by Gasteiger charge is -2.43. The summed E-state index contributed by atoms with van der Waals surface area (Å²) >= 11 is 0. The summed E-state index contributed by atoms with van der Waals surface area (Å²) in [6.45, 7) is 6.40. The van der Waals surface area contributed by atoms with Crippen molar-refractivity contribution in [2.75, 3.05) is 0 Å². The number of aliphatic hydroxyl groups excluding tert-OH is 1. The molecule has 0 aliphatic heterocycles. The molecule has 3 nitrogen and oxygen atoms in total. The van der Waals surface area contributed by atoms with Crippen LogP contribution in [0.2, 0.25) is 0 Å². The lowest BCUT2D eigenvalue weighted by Crippen LogP contribution is -2.47. The molecule has 0 aromatic carbocycles. The first-order chi connectivity index (χ1) is 7.79. The lowest BCUT2D eigenvalue weighted by molar-refractivity contribution is -0.142. The first-order valence-corrected chi connectivity index (χ1v) is 6.43. The van der Waals surface area contributed by atoms with Crippen molar-refractivity contribution in [2.45, 2.75) is 52.6 Å².